The summed E-state index contributed by atoms with van der Waals surface area (Å²) in [5, 5.41) is 7.50. The van der Waals surface area contributed by atoms with E-state index in [4.69, 9.17) is 0 Å². The van der Waals surface area contributed by atoms with Gasteiger partial charge in [0.2, 0.25) is 0 Å². The van der Waals surface area contributed by atoms with Gasteiger partial charge in [-0.05, 0) is 30.9 Å². The predicted octanol–water partition coefficient (Wildman–Crippen LogP) is 1.88. The Bertz CT molecular complexity index is 283. The molecule has 0 aliphatic heterocycles. The zero-order valence-corrected chi connectivity index (χ0v) is 8.70. The minimum atomic E-state index is -0.102. The summed E-state index contributed by atoms with van der Waals surface area (Å²) >= 11 is 1.67. The van der Waals surface area contributed by atoms with Gasteiger partial charge in [0.05, 0.1) is 6.54 Å². The average Bonchev–Trinajstić information content (AvgIpc) is 2.48. The molecule has 0 saturated heterocycles. The van der Waals surface area contributed by atoms with Crippen molar-refractivity contribution >= 4 is 17.4 Å². The van der Waals surface area contributed by atoms with Gasteiger partial charge in [-0.3, -0.25) is 0 Å². The quantitative estimate of drug-likeness (QED) is 0.765. The summed E-state index contributed by atoms with van der Waals surface area (Å²) in [5.74, 6) is 0. The van der Waals surface area contributed by atoms with Gasteiger partial charge in [0.25, 0.3) is 0 Å². The summed E-state index contributed by atoms with van der Waals surface area (Å²) < 4.78 is 0. The molecule has 0 spiro atoms. The van der Waals surface area contributed by atoms with Gasteiger partial charge in [-0.15, -0.1) is 11.3 Å². The van der Waals surface area contributed by atoms with Gasteiger partial charge in [0.15, 0.2) is 0 Å². The van der Waals surface area contributed by atoms with Crippen molar-refractivity contribution in [1.82, 2.24) is 10.6 Å². The second kappa shape index (κ2) is 4.87. The molecule has 0 bridgehead atoms. The lowest BCUT2D eigenvalue weighted by Gasteiger charge is -2.04. The zero-order chi connectivity index (χ0) is 9.68. The van der Waals surface area contributed by atoms with Crippen LogP contribution in [-0.2, 0) is 6.54 Å². The summed E-state index contributed by atoms with van der Waals surface area (Å²) in [6.45, 7) is 5.23. The first-order valence-electron chi connectivity index (χ1n) is 4.28. The lowest BCUT2D eigenvalue weighted by molar-refractivity contribution is 0.241. The fourth-order valence-electron chi connectivity index (χ4n) is 0.969. The normalized spacial score (nSPS) is 9.69. The molecule has 2 N–H and O–H groups in total. The smallest absolute Gasteiger partial charge is 0.315 e. The van der Waals surface area contributed by atoms with Crippen LogP contribution in [0.25, 0.3) is 0 Å². The Hall–Kier alpha value is -1.03. The number of hydrogen-bond donors (Lipinski definition) is 2. The van der Waals surface area contributed by atoms with Gasteiger partial charge in [-0.25, -0.2) is 4.79 Å². The summed E-state index contributed by atoms with van der Waals surface area (Å²) in [7, 11) is 0. The number of nitrogens with one attached hydrogen (secondary N) is 2. The third kappa shape index (κ3) is 3.06. The van der Waals surface area contributed by atoms with Crippen molar-refractivity contribution in [2.45, 2.75) is 20.4 Å². The number of carbonyl (C=O) groups excluding carboxylic acids is 1. The number of hydrogen-bond acceptors (Lipinski definition) is 2. The van der Waals surface area contributed by atoms with Crippen LogP contribution in [0.5, 0.6) is 0 Å². The maximum atomic E-state index is 11.0. The highest BCUT2D eigenvalue weighted by Gasteiger charge is 2.01. The van der Waals surface area contributed by atoms with Crippen LogP contribution >= 0.6 is 11.3 Å². The van der Waals surface area contributed by atoms with Crippen LogP contribution in [0.3, 0.4) is 0 Å². The number of rotatable bonds is 3. The Balaban J connectivity index is 2.35. The van der Waals surface area contributed by atoms with Gasteiger partial charge in [0.1, 0.15) is 0 Å². The second-order valence-corrected chi connectivity index (χ2v) is 3.74. The van der Waals surface area contributed by atoms with E-state index in [1.807, 2.05) is 19.2 Å². The molecule has 2 amide bonds. The lowest BCUT2D eigenvalue weighted by atomic mass is 10.3. The first-order chi connectivity index (χ1) is 6.24. The van der Waals surface area contributed by atoms with Crippen molar-refractivity contribution in [3.63, 3.8) is 0 Å². The van der Waals surface area contributed by atoms with E-state index in [2.05, 4.69) is 16.7 Å². The molecule has 0 aromatic carbocycles. The SMILES string of the molecule is CCNC(=O)NCc1sccc1C. The van der Waals surface area contributed by atoms with Crippen molar-refractivity contribution in [1.29, 1.82) is 0 Å². The van der Waals surface area contributed by atoms with Crippen molar-refractivity contribution < 1.29 is 4.79 Å². The highest BCUT2D eigenvalue weighted by atomic mass is 32.1. The van der Waals surface area contributed by atoms with Crippen molar-refractivity contribution in [2.75, 3.05) is 6.54 Å². The Morgan fingerprint density at radius 1 is 1.54 bits per heavy atom. The van der Waals surface area contributed by atoms with Crippen molar-refractivity contribution in [3.05, 3.63) is 21.9 Å². The molecule has 72 valence electrons. The number of amides is 2. The molecule has 0 fully saturated rings. The maximum Gasteiger partial charge on any atom is 0.315 e. The standard InChI is InChI=1S/C9H14N2OS/c1-3-10-9(12)11-6-8-7(2)4-5-13-8/h4-5H,3,6H2,1-2H3,(H2,10,11,12). The summed E-state index contributed by atoms with van der Waals surface area (Å²) in [5.41, 5.74) is 1.24. The zero-order valence-electron chi connectivity index (χ0n) is 7.89. The lowest BCUT2D eigenvalue weighted by Crippen LogP contribution is -2.34. The van der Waals surface area contributed by atoms with E-state index in [9.17, 15) is 4.79 Å². The van der Waals surface area contributed by atoms with E-state index in [0.29, 0.717) is 13.1 Å². The Morgan fingerprint density at radius 2 is 2.31 bits per heavy atom. The van der Waals surface area contributed by atoms with Crippen LogP contribution in [0.2, 0.25) is 0 Å². The maximum absolute atomic E-state index is 11.0. The molecule has 0 aliphatic rings. The van der Waals surface area contributed by atoms with E-state index in [1.54, 1.807) is 11.3 Å². The number of carbonyl (C=O) groups is 1. The van der Waals surface area contributed by atoms with Crippen LogP contribution in [-0.4, -0.2) is 12.6 Å². The van der Waals surface area contributed by atoms with Crippen LogP contribution in [0.4, 0.5) is 4.79 Å². The number of urea groups is 1. The molecule has 1 aromatic heterocycles. The van der Waals surface area contributed by atoms with Crippen LogP contribution in [0.15, 0.2) is 11.4 Å². The highest BCUT2D eigenvalue weighted by Crippen LogP contribution is 2.14. The monoisotopic (exact) mass is 198 g/mol. The Labute approximate surface area is 82.2 Å². The first-order valence-corrected chi connectivity index (χ1v) is 5.16. The third-order valence-electron chi connectivity index (χ3n) is 1.72. The van der Waals surface area contributed by atoms with Gasteiger partial charge < -0.3 is 10.6 Å². The molecule has 4 heteroatoms. The van der Waals surface area contributed by atoms with Gasteiger partial charge >= 0.3 is 6.03 Å². The van der Waals surface area contributed by atoms with Crippen LogP contribution < -0.4 is 10.6 Å². The molecule has 1 rings (SSSR count). The first kappa shape index (κ1) is 10.1. The summed E-state index contributed by atoms with van der Waals surface area (Å²) in [6, 6.07) is 1.95. The minimum absolute atomic E-state index is 0.102. The molecule has 0 radical (unpaired) electrons. The minimum Gasteiger partial charge on any atom is -0.338 e. The van der Waals surface area contributed by atoms with Crippen molar-refractivity contribution in [2.24, 2.45) is 0 Å². The highest BCUT2D eigenvalue weighted by molar-refractivity contribution is 7.10. The average molecular weight is 198 g/mol. The molecule has 13 heavy (non-hydrogen) atoms. The van der Waals surface area contributed by atoms with E-state index in [0.717, 1.165) is 0 Å². The van der Waals surface area contributed by atoms with Crippen LogP contribution in [0.1, 0.15) is 17.4 Å². The van der Waals surface area contributed by atoms with Gasteiger partial charge in [-0.2, -0.15) is 0 Å². The predicted molar refractivity (Wildman–Crippen MR) is 55.0 cm³/mol. The Morgan fingerprint density at radius 3 is 2.85 bits per heavy atom. The largest absolute Gasteiger partial charge is 0.338 e. The van der Waals surface area contributed by atoms with Gasteiger partial charge in [-0.1, -0.05) is 0 Å². The van der Waals surface area contributed by atoms with E-state index in [-0.39, 0.29) is 6.03 Å². The third-order valence-corrected chi connectivity index (χ3v) is 2.74. The molecular weight excluding hydrogens is 184 g/mol. The van der Waals surface area contributed by atoms with E-state index < -0.39 is 0 Å². The topological polar surface area (TPSA) is 41.1 Å². The molecule has 0 saturated carbocycles. The number of thiophene rings is 1. The molecule has 3 nitrogen and oxygen atoms in total. The molecule has 0 atom stereocenters. The second-order valence-electron chi connectivity index (χ2n) is 2.74. The van der Waals surface area contributed by atoms with Gasteiger partial charge in [0, 0.05) is 11.4 Å². The summed E-state index contributed by atoms with van der Waals surface area (Å²) in [6.07, 6.45) is 0. The number of aryl methyl sites for hydroxylation is 1. The van der Waals surface area contributed by atoms with Crippen molar-refractivity contribution in [3.8, 4) is 0 Å². The molecule has 0 aliphatic carbocycles. The molecule has 1 aromatic rings. The fraction of sp³-hybridized carbons (Fsp3) is 0.444. The molecule has 1 heterocycles. The molecule has 0 unspecified atom stereocenters. The van der Waals surface area contributed by atoms with E-state index in [1.165, 1.54) is 10.4 Å². The summed E-state index contributed by atoms with van der Waals surface area (Å²) in [4.78, 5) is 12.2. The van der Waals surface area contributed by atoms with Crippen LogP contribution in [0, 0.1) is 6.92 Å². The van der Waals surface area contributed by atoms with E-state index >= 15 is 0 Å². The Kier molecular flexibility index (Phi) is 3.76. The molecular formula is C9H14N2OS. The fourth-order valence-corrected chi connectivity index (χ4v) is 1.81.